The summed E-state index contributed by atoms with van der Waals surface area (Å²) in [5.74, 6) is 0.250. The summed E-state index contributed by atoms with van der Waals surface area (Å²) in [5.41, 5.74) is 0. The Hall–Kier alpha value is -0.0497. The Labute approximate surface area is 64.1 Å². The molecule has 0 atom stereocenters. The van der Waals surface area contributed by atoms with Crippen LogP contribution in [0.4, 0.5) is 0 Å². The Morgan fingerprint density at radius 1 is 1.50 bits per heavy atom. The fraction of sp³-hybridized carbons (Fsp3) is 0.400. The molecule has 0 aliphatic carbocycles. The first-order valence-electron chi connectivity index (χ1n) is 2.02. The molecule has 0 bridgehead atoms. The maximum atomic E-state index is 8.40. The van der Waals surface area contributed by atoms with Crippen LogP contribution in [0, 0.1) is 0 Å². The van der Waals surface area contributed by atoms with Gasteiger partial charge in [0.1, 0.15) is 0 Å². The molecule has 0 rings (SSSR count). The quantitative estimate of drug-likeness (QED) is 0.288. The van der Waals surface area contributed by atoms with Crippen molar-refractivity contribution in [2.75, 3.05) is 0 Å². The van der Waals surface area contributed by atoms with Crippen molar-refractivity contribution in [3.05, 3.63) is 11.8 Å². The summed E-state index contributed by atoms with van der Waals surface area (Å²) in [5, 5.41) is 8.40. The number of aliphatic hydroxyl groups excluding tert-OH is 1. The zero-order valence-electron chi connectivity index (χ0n) is 4.92. The zero-order valence-corrected chi connectivity index (χ0v) is 7.12. The molecule has 2 N–H and O–H groups in total. The molecule has 40 valence electrons. The molecule has 0 fully saturated rings. The van der Waals surface area contributed by atoms with Crippen LogP contribution in [-0.4, -0.2) is 15.7 Å². The summed E-state index contributed by atoms with van der Waals surface area (Å²) in [6.07, 6.45) is 1.28. The number of ketones is 1. The van der Waals surface area contributed by atoms with Crippen LogP contribution >= 0.6 is 0 Å². The van der Waals surface area contributed by atoms with E-state index in [2.05, 4.69) is 0 Å². The Morgan fingerprint density at radius 2 is 1.88 bits per heavy atom. The molecule has 2 nitrogen and oxygen atoms in total. The van der Waals surface area contributed by atoms with Crippen LogP contribution in [-0.2, 0) is 22.4 Å². The monoisotopic (exact) mass is 194 g/mol. The van der Waals surface area contributed by atoms with Gasteiger partial charge >= 0.3 is 28.2 Å². The number of rotatable bonds is 1. The van der Waals surface area contributed by atoms with Crippen molar-refractivity contribution >= 4 is 5.78 Å². The normalized spacial score (nSPS) is 10.0. The molecular formula is C5H9NbO2+6. The summed E-state index contributed by atoms with van der Waals surface area (Å²) < 4.78 is 0. The van der Waals surface area contributed by atoms with Gasteiger partial charge in [0.15, 0.2) is 0 Å². The van der Waals surface area contributed by atoms with Crippen LogP contribution in [0.1, 0.15) is 13.8 Å². The predicted molar refractivity (Wildman–Crippen MR) is 29.0 cm³/mol. The van der Waals surface area contributed by atoms with Gasteiger partial charge in [0.2, 0.25) is 0 Å². The standard InChI is InChI=1S/C5H8O2.Nb/c1-4(6)3-5(2)7;/h3,6H,1-2H3;/q;+5/p+1/b4-3-;. The first-order chi connectivity index (χ1) is 3.13. The van der Waals surface area contributed by atoms with E-state index in [-0.39, 0.29) is 33.9 Å². The average molecular weight is 194 g/mol. The smallest absolute Gasteiger partial charge is 0.512 e. The van der Waals surface area contributed by atoms with Crippen molar-refractivity contribution in [2.24, 2.45) is 0 Å². The van der Waals surface area contributed by atoms with Gasteiger partial charge in [-0.25, -0.2) is 0 Å². The van der Waals surface area contributed by atoms with E-state index >= 15 is 0 Å². The van der Waals surface area contributed by atoms with E-state index in [0.717, 1.165) is 0 Å². The van der Waals surface area contributed by atoms with E-state index < -0.39 is 0 Å². The molecule has 3 heteroatoms. The molecule has 0 saturated heterocycles. The van der Waals surface area contributed by atoms with E-state index in [4.69, 9.17) is 9.90 Å². The summed E-state index contributed by atoms with van der Waals surface area (Å²) in [4.78, 5) is 8.40. The second-order valence-electron chi connectivity index (χ2n) is 1.43. The van der Waals surface area contributed by atoms with Gasteiger partial charge in [-0.3, -0.25) is 4.79 Å². The van der Waals surface area contributed by atoms with Crippen molar-refractivity contribution in [3.63, 3.8) is 0 Å². The maximum absolute atomic E-state index is 8.40. The van der Waals surface area contributed by atoms with Crippen molar-refractivity contribution in [3.8, 4) is 0 Å². The predicted octanol–water partition coefficient (Wildman–Crippen LogP) is 1.01. The van der Waals surface area contributed by atoms with Crippen LogP contribution in [0.2, 0.25) is 0 Å². The van der Waals surface area contributed by atoms with Crippen molar-refractivity contribution in [1.29, 1.82) is 0 Å². The Kier molecular flexibility index (Phi) is 6.91. The number of hydrogen-bond donors (Lipinski definition) is 1. The van der Waals surface area contributed by atoms with Crippen LogP contribution in [0.5, 0.6) is 0 Å². The summed E-state index contributed by atoms with van der Waals surface area (Å²) in [7, 11) is 0. The Balaban J connectivity index is 0. The molecule has 8 heavy (non-hydrogen) atoms. The fourth-order valence-electron chi connectivity index (χ4n) is 0.302. The van der Waals surface area contributed by atoms with Crippen molar-refractivity contribution < 1.29 is 32.3 Å². The van der Waals surface area contributed by atoms with Gasteiger partial charge in [0.05, 0.1) is 18.8 Å². The van der Waals surface area contributed by atoms with Gasteiger partial charge in [-0.15, -0.1) is 0 Å². The molecule has 0 aliphatic heterocycles. The SMILES string of the molecule is CC(=[OH+])/C=C(/C)O.[Nb+5]. The molecule has 0 aromatic rings. The van der Waals surface area contributed by atoms with Crippen LogP contribution in [0.3, 0.4) is 0 Å². The first kappa shape index (κ1) is 10.8. The van der Waals surface area contributed by atoms with Gasteiger partial charge in [0.25, 0.3) is 0 Å². The Bertz CT molecular complexity index is 103. The van der Waals surface area contributed by atoms with Gasteiger partial charge in [-0.2, -0.15) is 0 Å². The number of allylic oxidation sites excluding steroid dienone is 2. The average Bonchev–Trinajstić information content (AvgIpc) is 1.27. The second-order valence-corrected chi connectivity index (χ2v) is 1.43. The minimum atomic E-state index is 0. The molecule has 0 aliphatic rings. The van der Waals surface area contributed by atoms with Gasteiger partial charge in [-0.05, 0) is 6.92 Å². The van der Waals surface area contributed by atoms with Crippen LogP contribution < -0.4 is 0 Å². The number of aliphatic hydroxyl groups is 1. The second kappa shape index (κ2) is 5.09. The van der Waals surface area contributed by atoms with Crippen LogP contribution in [0.25, 0.3) is 0 Å². The third-order valence-corrected chi connectivity index (χ3v) is 0.418. The summed E-state index contributed by atoms with van der Waals surface area (Å²) in [6, 6.07) is 0. The summed E-state index contributed by atoms with van der Waals surface area (Å²) in [6.45, 7) is 3.00. The first-order valence-corrected chi connectivity index (χ1v) is 2.02. The van der Waals surface area contributed by atoms with E-state index in [1.165, 1.54) is 19.9 Å². The minimum absolute atomic E-state index is 0. The van der Waals surface area contributed by atoms with Crippen molar-refractivity contribution in [1.82, 2.24) is 0 Å². The molecule has 0 radical (unpaired) electrons. The van der Waals surface area contributed by atoms with Crippen LogP contribution in [0.15, 0.2) is 11.8 Å². The molecule has 0 unspecified atom stereocenters. The number of hydrogen-bond acceptors (Lipinski definition) is 1. The fourth-order valence-corrected chi connectivity index (χ4v) is 0.302. The van der Waals surface area contributed by atoms with Crippen molar-refractivity contribution in [2.45, 2.75) is 13.8 Å². The molecule has 0 aromatic carbocycles. The summed E-state index contributed by atoms with van der Waals surface area (Å²) >= 11 is 0. The van der Waals surface area contributed by atoms with E-state index in [9.17, 15) is 0 Å². The van der Waals surface area contributed by atoms with E-state index in [1.807, 2.05) is 0 Å². The molecule has 0 amide bonds. The molecule has 0 saturated carbocycles. The minimum Gasteiger partial charge on any atom is -0.512 e. The maximum Gasteiger partial charge on any atom is 5.00 e. The van der Waals surface area contributed by atoms with Gasteiger partial charge in [0, 0.05) is 0 Å². The molecule has 0 spiro atoms. The largest absolute Gasteiger partial charge is 5.00 e. The van der Waals surface area contributed by atoms with E-state index in [1.54, 1.807) is 0 Å². The molecule has 0 aromatic heterocycles. The third kappa shape index (κ3) is 9.34. The van der Waals surface area contributed by atoms with Gasteiger partial charge < -0.3 is 5.11 Å². The van der Waals surface area contributed by atoms with E-state index in [0.29, 0.717) is 0 Å². The molecular weight excluding hydrogens is 185 g/mol. The topological polar surface area (TPSA) is 41.6 Å². The zero-order chi connectivity index (χ0) is 5.86. The third-order valence-electron chi connectivity index (χ3n) is 0.418. The van der Waals surface area contributed by atoms with Gasteiger partial charge in [-0.1, -0.05) is 0 Å². The number of carbonyl (C=O) groups excluding carboxylic acids is 1. The molecule has 0 heterocycles. The Morgan fingerprint density at radius 3 is 1.88 bits per heavy atom.